The number of benzene rings is 2. The minimum absolute atomic E-state index is 0.0610. The van der Waals surface area contributed by atoms with E-state index in [4.69, 9.17) is 9.47 Å². The van der Waals surface area contributed by atoms with Crippen molar-refractivity contribution in [2.45, 2.75) is 10.9 Å². The second kappa shape index (κ2) is 7.85. The Morgan fingerprint density at radius 1 is 1.07 bits per heavy atom. The van der Waals surface area contributed by atoms with Crippen LogP contribution in [-0.4, -0.2) is 30.5 Å². The Labute approximate surface area is 170 Å². The van der Waals surface area contributed by atoms with Gasteiger partial charge in [-0.3, -0.25) is 14.2 Å². The lowest BCUT2D eigenvalue weighted by atomic mass is 9.85. The van der Waals surface area contributed by atoms with E-state index in [9.17, 15) is 9.59 Å². The van der Waals surface area contributed by atoms with Crippen LogP contribution in [-0.2, 0) is 9.53 Å². The second-order valence-electron chi connectivity index (χ2n) is 6.37. The highest BCUT2D eigenvalue weighted by Gasteiger charge is 2.41. The van der Waals surface area contributed by atoms with Crippen LogP contribution in [0.3, 0.4) is 0 Å². The molecule has 2 atom stereocenters. The van der Waals surface area contributed by atoms with E-state index in [1.54, 1.807) is 11.7 Å². The van der Waals surface area contributed by atoms with Crippen LogP contribution in [0, 0.1) is 5.92 Å². The van der Waals surface area contributed by atoms with Crippen molar-refractivity contribution in [3.63, 3.8) is 0 Å². The monoisotopic (exact) mass is 413 g/mol. The third kappa shape index (κ3) is 3.14. The van der Waals surface area contributed by atoms with Gasteiger partial charge in [-0.25, -0.2) is 0 Å². The first kappa shape index (κ1) is 18.8. The predicted molar refractivity (Wildman–Crippen MR) is 111 cm³/mol. The topological polar surface area (TPSA) is 57.5 Å². The number of carbonyl (C=O) groups excluding carboxylic acids is 1. The van der Waals surface area contributed by atoms with Crippen molar-refractivity contribution < 1.29 is 14.3 Å². The molecule has 0 spiro atoms. The molecule has 0 aliphatic carbocycles. The van der Waals surface area contributed by atoms with Crippen LogP contribution in [0.1, 0.15) is 16.4 Å². The molecule has 4 rings (SSSR count). The largest absolute Gasteiger partial charge is 0.496 e. The summed E-state index contributed by atoms with van der Waals surface area (Å²) in [5, 5.41) is 0.886. The molecule has 2 heterocycles. The Kier molecular flexibility index (Phi) is 5.28. The molecule has 144 valence electrons. The van der Waals surface area contributed by atoms with E-state index in [-0.39, 0.29) is 22.7 Å². The third-order valence-electron chi connectivity index (χ3n) is 4.87. The number of para-hydroxylation sites is 2. The van der Waals surface area contributed by atoms with Crippen LogP contribution in [0.15, 0.2) is 64.4 Å². The van der Waals surface area contributed by atoms with E-state index >= 15 is 0 Å². The summed E-state index contributed by atoms with van der Waals surface area (Å²) >= 11 is 2.72. The van der Waals surface area contributed by atoms with Crippen molar-refractivity contribution in [1.82, 2.24) is 4.57 Å². The lowest BCUT2D eigenvalue weighted by Crippen LogP contribution is -2.29. The molecule has 1 aliphatic rings. The molecular formula is C21H19NO4S2. The fourth-order valence-corrected chi connectivity index (χ4v) is 6.28. The number of thioether (sulfide) groups is 1. The highest BCUT2D eigenvalue weighted by molar-refractivity contribution is 7.99. The molecule has 0 fully saturated rings. The molecule has 0 N–H and O–H groups in total. The molecule has 1 aliphatic heterocycles. The fourth-order valence-electron chi connectivity index (χ4n) is 3.59. The Morgan fingerprint density at radius 2 is 1.79 bits per heavy atom. The van der Waals surface area contributed by atoms with Crippen LogP contribution >= 0.6 is 23.1 Å². The number of ether oxygens (including phenoxy) is 2. The van der Waals surface area contributed by atoms with Crippen LogP contribution in [0.25, 0.3) is 5.69 Å². The maximum atomic E-state index is 12.9. The fraction of sp³-hybridized carbons (Fsp3) is 0.238. The quantitative estimate of drug-likeness (QED) is 0.607. The summed E-state index contributed by atoms with van der Waals surface area (Å²) in [7, 11) is 3.02. The lowest BCUT2D eigenvalue weighted by Gasteiger charge is -2.30. The van der Waals surface area contributed by atoms with E-state index in [1.165, 1.54) is 30.2 Å². The van der Waals surface area contributed by atoms with Gasteiger partial charge in [0.1, 0.15) is 5.75 Å². The standard InChI is InChI=1S/C21H19NO4S2/c1-25-16-11-7-6-10-14(16)17-15(20(23)26-2)12-27-19-18(17)28-21(24)22(19)13-8-4-3-5-9-13/h3-11,15,17H,12H2,1-2H3/t15-,17+/m0/s1. The van der Waals surface area contributed by atoms with Gasteiger partial charge in [0.15, 0.2) is 0 Å². The number of rotatable bonds is 4. The van der Waals surface area contributed by atoms with E-state index in [0.717, 1.165) is 21.2 Å². The molecule has 5 nitrogen and oxygen atoms in total. The molecule has 28 heavy (non-hydrogen) atoms. The summed E-state index contributed by atoms with van der Waals surface area (Å²) in [6, 6.07) is 17.2. The summed E-state index contributed by atoms with van der Waals surface area (Å²) in [4.78, 5) is 26.3. The van der Waals surface area contributed by atoms with Crippen molar-refractivity contribution >= 4 is 29.1 Å². The number of hydrogen-bond donors (Lipinski definition) is 0. The van der Waals surface area contributed by atoms with Gasteiger partial charge < -0.3 is 9.47 Å². The van der Waals surface area contributed by atoms with Crippen molar-refractivity contribution in [2.75, 3.05) is 20.0 Å². The zero-order valence-electron chi connectivity index (χ0n) is 15.5. The van der Waals surface area contributed by atoms with Crippen LogP contribution < -0.4 is 9.61 Å². The van der Waals surface area contributed by atoms with Crippen LogP contribution in [0.2, 0.25) is 0 Å². The molecule has 0 unspecified atom stereocenters. The van der Waals surface area contributed by atoms with Gasteiger partial charge in [-0.2, -0.15) is 0 Å². The van der Waals surface area contributed by atoms with Gasteiger partial charge in [-0.05, 0) is 18.2 Å². The minimum atomic E-state index is -0.388. The number of hydrogen-bond acceptors (Lipinski definition) is 6. The molecule has 2 aromatic carbocycles. The first-order valence-corrected chi connectivity index (χ1v) is 10.6. The van der Waals surface area contributed by atoms with Gasteiger partial charge in [-0.1, -0.05) is 47.7 Å². The first-order valence-electron chi connectivity index (χ1n) is 8.80. The van der Waals surface area contributed by atoms with Crippen molar-refractivity contribution in [2.24, 2.45) is 5.92 Å². The molecule has 0 radical (unpaired) electrons. The lowest BCUT2D eigenvalue weighted by molar-refractivity contribution is -0.145. The van der Waals surface area contributed by atoms with E-state index in [0.29, 0.717) is 11.5 Å². The molecule has 1 aromatic heterocycles. The molecule has 0 saturated carbocycles. The third-order valence-corrected chi connectivity index (χ3v) is 7.23. The van der Waals surface area contributed by atoms with Gasteiger partial charge in [0.2, 0.25) is 0 Å². The maximum absolute atomic E-state index is 12.9. The number of thiazole rings is 1. The zero-order valence-corrected chi connectivity index (χ0v) is 17.1. The Hall–Kier alpha value is -2.51. The zero-order chi connectivity index (χ0) is 19.7. The Morgan fingerprint density at radius 3 is 2.50 bits per heavy atom. The smallest absolute Gasteiger partial charge is 0.312 e. The number of fused-ring (bicyclic) bond motifs is 1. The molecule has 7 heteroatoms. The van der Waals surface area contributed by atoms with Gasteiger partial charge in [0.05, 0.1) is 30.9 Å². The van der Waals surface area contributed by atoms with E-state index in [1.807, 2.05) is 54.6 Å². The SMILES string of the molecule is COC(=O)[C@H]1CSc2c(sc(=O)n2-c2ccccc2)[C@@H]1c1ccccc1OC. The van der Waals surface area contributed by atoms with Crippen molar-refractivity contribution in [3.8, 4) is 11.4 Å². The summed E-state index contributed by atoms with van der Waals surface area (Å²) in [6.45, 7) is 0. The van der Waals surface area contributed by atoms with Crippen LogP contribution in [0.5, 0.6) is 5.75 Å². The molecular weight excluding hydrogens is 394 g/mol. The Bertz CT molecular complexity index is 1060. The molecule has 0 saturated heterocycles. The van der Waals surface area contributed by atoms with Gasteiger partial charge in [0, 0.05) is 22.1 Å². The van der Waals surface area contributed by atoms with Crippen molar-refractivity contribution in [3.05, 3.63) is 74.7 Å². The number of aromatic nitrogens is 1. The van der Waals surface area contributed by atoms with E-state index < -0.39 is 0 Å². The van der Waals surface area contributed by atoms with Gasteiger partial charge in [-0.15, -0.1) is 11.8 Å². The summed E-state index contributed by atoms with van der Waals surface area (Å²) in [6.07, 6.45) is 0. The normalized spacial score (nSPS) is 18.4. The van der Waals surface area contributed by atoms with E-state index in [2.05, 4.69) is 0 Å². The Balaban J connectivity index is 1.93. The molecule has 0 amide bonds. The molecule has 3 aromatic rings. The van der Waals surface area contributed by atoms with Gasteiger partial charge in [0.25, 0.3) is 0 Å². The number of esters is 1. The van der Waals surface area contributed by atoms with Crippen molar-refractivity contribution in [1.29, 1.82) is 0 Å². The molecule has 0 bridgehead atoms. The highest BCUT2D eigenvalue weighted by atomic mass is 32.2. The second-order valence-corrected chi connectivity index (χ2v) is 8.37. The summed E-state index contributed by atoms with van der Waals surface area (Å²) in [5.41, 5.74) is 1.72. The highest BCUT2D eigenvalue weighted by Crippen LogP contribution is 2.49. The summed E-state index contributed by atoms with van der Waals surface area (Å²) in [5.74, 6) is 0.280. The van der Waals surface area contributed by atoms with Crippen LogP contribution in [0.4, 0.5) is 0 Å². The first-order chi connectivity index (χ1) is 13.7. The average Bonchev–Trinajstić information content (AvgIpc) is 3.08. The number of nitrogens with zero attached hydrogens (tertiary/aromatic N) is 1. The number of methoxy groups -OCH3 is 2. The minimum Gasteiger partial charge on any atom is -0.496 e. The van der Waals surface area contributed by atoms with Gasteiger partial charge >= 0.3 is 10.8 Å². The predicted octanol–water partition coefficient (Wildman–Crippen LogP) is 3.93. The average molecular weight is 414 g/mol. The maximum Gasteiger partial charge on any atom is 0.312 e. The summed E-state index contributed by atoms with van der Waals surface area (Å²) < 4.78 is 12.4. The number of carbonyl (C=O) groups is 1.